The van der Waals surface area contributed by atoms with Crippen LogP contribution in [0.3, 0.4) is 0 Å². The van der Waals surface area contributed by atoms with Gasteiger partial charge in [0.05, 0.1) is 12.1 Å². The SMILES string of the molecule is CCCCCCCCn1cc(CC(=O)O)nn1. The topological polar surface area (TPSA) is 68.0 Å². The molecule has 1 heterocycles. The minimum Gasteiger partial charge on any atom is -0.481 e. The first-order valence-electron chi connectivity index (χ1n) is 6.33. The average Bonchev–Trinajstić information content (AvgIpc) is 2.70. The second-order valence-corrected chi connectivity index (χ2v) is 4.31. The third-order valence-corrected chi connectivity index (χ3v) is 2.66. The van der Waals surface area contributed by atoms with E-state index in [2.05, 4.69) is 17.2 Å². The van der Waals surface area contributed by atoms with E-state index in [1.807, 2.05) is 0 Å². The number of unbranched alkanes of at least 4 members (excludes halogenated alkanes) is 5. The lowest BCUT2D eigenvalue weighted by Gasteiger charge is -2.00. The second-order valence-electron chi connectivity index (χ2n) is 4.31. The summed E-state index contributed by atoms with van der Waals surface area (Å²) >= 11 is 0. The summed E-state index contributed by atoms with van der Waals surface area (Å²) in [4.78, 5) is 10.5. The fraction of sp³-hybridized carbons (Fsp3) is 0.750. The molecule has 5 nitrogen and oxygen atoms in total. The Morgan fingerprint density at radius 1 is 1.29 bits per heavy atom. The van der Waals surface area contributed by atoms with Gasteiger partial charge >= 0.3 is 5.97 Å². The summed E-state index contributed by atoms with van der Waals surface area (Å²) in [6, 6.07) is 0. The molecule has 96 valence electrons. The molecule has 0 aliphatic carbocycles. The predicted molar refractivity (Wildman–Crippen MR) is 64.7 cm³/mol. The van der Waals surface area contributed by atoms with Crippen LogP contribution in [0.15, 0.2) is 6.20 Å². The molecule has 1 N–H and O–H groups in total. The van der Waals surface area contributed by atoms with Crippen LogP contribution in [0.4, 0.5) is 0 Å². The Labute approximate surface area is 102 Å². The molecule has 0 spiro atoms. The number of carboxylic acid groups (broad SMARTS) is 1. The van der Waals surface area contributed by atoms with Crippen LogP contribution in [0.1, 0.15) is 51.1 Å². The van der Waals surface area contributed by atoms with Gasteiger partial charge in [0.25, 0.3) is 0 Å². The van der Waals surface area contributed by atoms with Crippen LogP contribution in [0.5, 0.6) is 0 Å². The van der Waals surface area contributed by atoms with Gasteiger partial charge in [0.15, 0.2) is 0 Å². The summed E-state index contributed by atoms with van der Waals surface area (Å²) in [6.45, 7) is 3.04. The number of carbonyl (C=O) groups is 1. The molecule has 5 heteroatoms. The lowest BCUT2D eigenvalue weighted by molar-refractivity contribution is -0.136. The molecule has 1 rings (SSSR count). The van der Waals surface area contributed by atoms with Crippen molar-refractivity contribution in [1.82, 2.24) is 15.0 Å². The van der Waals surface area contributed by atoms with Gasteiger partial charge in [0, 0.05) is 12.7 Å². The number of carboxylic acids is 1. The first kappa shape index (κ1) is 13.7. The number of nitrogens with zero attached hydrogens (tertiary/aromatic N) is 3. The largest absolute Gasteiger partial charge is 0.481 e. The van der Waals surface area contributed by atoms with E-state index in [9.17, 15) is 4.79 Å². The quantitative estimate of drug-likeness (QED) is 0.671. The molecule has 0 aromatic carbocycles. The molecule has 1 aromatic heterocycles. The molecule has 0 atom stereocenters. The molecule has 0 saturated heterocycles. The minimum absolute atomic E-state index is 0.0451. The van der Waals surface area contributed by atoms with Gasteiger partial charge in [-0.25, -0.2) is 0 Å². The Bertz CT molecular complexity index is 336. The lowest BCUT2D eigenvalue weighted by Crippen LogP contribution is -2.00. The van der Waals surface area contributed by atoms with E-state index in [-0.39, 0.29) is 6.42 Å². The highest BCUT2D eigenvalue weighted by Gasteiger charge is 2.04. The molecule has 1 aromatic rings. The molecule has 17 heavy (non-hydrogen) atoms. The van der Waals surface area contributed by atoms with E-state index in [1.54, 1.807) is 10.9 Å². The summed E-state index contributed by atoms with van der Waals surface area (Å²) in [5, 5.41) is 16.3. The number of rotatable bonds is 9. The highest BCUT2D eigenvalue weighted by Crippen LogP contribution is 2.06. The highest BCUT2D eigenvalue weighted by molar-refractivity contribution is 5.69. The summed E-state index contributed by atoms with van der Waals surface area (Å²) in [7, 11) is 0. The van der Waals surface area contributed by atoms with Gasteiger partial charge in [0.2, 0.25) is 0 Å². The van der Waals surface area contributed by atoms with Crippen molar-refractivity contribution in [2.45, 2.75) is 58.4 Å². The maximum atomic E-state index is 10.5. The molecule has 0 bridgehead atoms. The number of aryl methyl sites for hydroxylation is 1. The highest BCUT2D eigenvalue weighted by atomic mass is 16.4. The van der Waals surface area contributed by atoms with Crippen molar-refractivity contribution < 1.29 is 9.90 Å². The van der Waals surface area contributed by atoms with Crippen LogP contribution < -0.4 is 0 Å². The van der Waals surface area contributed by atoms with E-state index in [4.69, 9.17) is 5.11 Å². The van der Waals surface area contributed by atoms with Crippen LogP contribution in [0.25, 0.3) is 0 Å². The number of hydrogen-bond acceptors (Lipinski definition) is 3. The minimum atomic E-state index is -0.864. The molecule has 0 radical (unpaired) electrons. The predicted octanol–water partition coefficient (Wildman–Crippen LogP) is 2.27. The molecular formula is C12H21N3O2. The second kappa shape index (κ2) is 7.81. The zero-order valence-electron chi connectivity index (χ0n) is 10.4. The van der Waals surface area contributed by atoms with E-state index >= 15 is 0 Å². The van der Waals surface area contributed by atoms with Crippen molar-refractivity contribution in [3.8, 4) is 0 Å². The number of aliphatic carboxylic acids is 1. The molecule has 0 unspecified atom stereocenters. The molecule has 0 aliphatic heterocycles. The summed E-state index contributed by atoms with van der Waals surface area (Å²) in [5.74, 6) is -0.864. The van der Waals surface area contributed by atoms with Crippen LogP contribution in [0, 0.1) is 0 Å². The zero-order chi connectivity index (χ0) is 12.5. The Morgan fingerprint density at radius 3 is 2.71 bits per heavy atom. The van der Waals surface area contributed by atoms with Crippen molar-refractivity contribution in [2.24, 2.45) is 0 Å². The van der Waals surface area contributed by atoms with Gasteiger partial charge in [-0.15, -0.1) is 5.10 Å². The van der Waals surface area contributed by atoms with Crippen LogP contribution >= 0.6 is 0 Å². The third kappa shape index (κ3) is 6.04. The number of aromatic nitrogens is 3. The van der Waals surface area contributed by atoms with Gasteiger partial charge in [-0.2, -0.15) is 0 Å². The van der Waals surface area contributed by atoms with Crippen molar-refractivity contribution >= 4 is 5.97 Å². The van der Waals surface area contributed by atoms with Crippen molar-refractivity contribution in [3.63, 3.8) is 0 Å². The van der Waals surface area contributed by atoms with E-state index in [0.29, 0.717) is 5.69 Å². The van der Waals surface area contributed by atoms with E-state index in [1.165, 1.54) is 32.1 Å². The van der Waals surface area contributed by atoms with Gasteiger partial charge in [-0.05, 0) is 6.42 Å². The Morgan fingerprint density at radius 2 is 2.00 bits per heavy atom. The van der Waals surface area contributed by atoms with Gasteiger partial charge in [-0.1, -0.05) is 44.2 Å². The standard InChI is InChI=1S/C12H21N3O2/c1-2-3-4-5-6-7-8-15-10-11(13-14-15)9-12(16)17/h10H,2-9H2,1H3,(H,16,17). The summed E-state index contributed by atoms with van der Waals surface area (Å²) < 4.78 is 1.73. The Kier molecular flexibility index (Phi) is 6.29. The maximum absolute atomic E-state index is 10.5. The lowest BCUT2D eigenvalue weighted by atomic mass is 10.1. The molecule has 0 aliphatic rings. The van der Waals surface area contributed by atoms with Crippen molar-refractivity contribution in [2.75, 3.05) is 0 Å². The Balaban J connectivity index is 2.14. The first-order valence-corrected chi connectivity index (χ1v) is 6.33. The van der Waals surface area contributed by atoms with Gasteiger partial charge in [0.1, 0.15) is 0 Å². The van der Waals surface area contributed by atoms with Crippen molar-refractivity contribution in [1.29, 1.82) is 0 Å². The molecule has 0 saturated carbocycles. The van der Waals surface area contributed by atoms with Crippen LogP contribution in [0.2, 0.25) is 0 Å². The zero-order valence-corrected chi connectivity index (χ0v) is 10.4. The summed E-state index contributed by atoms with van der Waals surface area (Å²) in [5.41, 5.74) is 0.531. The average molecular weight is 239 g/mol. The normalized spacial score (nSPS) is 10.6. The first-order chi connectivity index (χ1) is 8.22. The Hall–Kier alpha value is -1.39. The molecular weight excluding hydrogens is 218 g/mol. The van der Waals surface area contributed by atoms with Crippen LogP contribution in [-0.2, 0) is 17.8 Å². The molecule has 0 fully saturated rings. The van der Waals surface area contributed by atoms with Gasteiger partial charge < -0.3 is 5.11 Å². The smallest absolute Gasteiger partial charge is 0.309 e. The van der Waals surface area contributed by atoms with E-state index in [0.717, 1.165) is 13.0 Å². The molecule has 0 amide bonds. The third-order valence-electron chi connectivity index (χ3n) is 2.66. The number of hydrogen-bond donors (Lipinski definition) is 1. The monoisotopic (exact) mass is 239 g/mol. The van der Waals surface area contributed by atoms with Crippen molar-refractivity contribution in [3.05, 3.63) is 11.9 Å². The van der Waals surface area contributed by atoms with E-state index < -0.39 is 5.97 Å². The summed E-state index contributed by atoms with van der Waals surface area (Å²) in [6.07, 6.45) is 9.11. The fourth-order valence-corrected chi connectivity index (χ4v) is 1.74. The van der Waals surface area contributed by atoms with Gasteiger partial charge in [-0.3, -0.25) is 9.48 Å². The maximum Gasteiger partial charge on any atom is 0.309 e. The van der Waals surface area contributed by atoms with Crippen LogP contribution in [-0.4, -0.2) is 26.1 Å². The fourth-order valence-electron chi connectivity index (χ4n) is 1.74.